The molecule has 1 fully saturated rings. The van der Waals surface area contributed by atoms with Crippen molar-refractivity contribution in [3.05, 3.63) is 18.2 Å². The Morgan fingerprint density at radius 2 is 2.12 bits per heavy atom. The number of carbonyl (C=O) groups is 4. The second-order valence-corrected chi connectivity index (χ2v) is 8.85. The lowest BCUT2D eigenvalue weighted by Crippen LogP contribution is -2.57. The molecule has 1 saturated heterocycles. The summed E-state index contributed by atoms with van der Waals surface area (Å²) < 4.78 is 0. The van der Waals surface area contributed by atoms with Gasteiger partial charge in [0.15, 0.2) is 0 Å². The summed E-state index contributed by atoms with van der Waals surface area (Å²) in [6, 6.07) is -3.67. The van der Waals surface area contributed by atoms with Gasteiger partial charge in [-0.2, -0.15) is 24.4 Å². The van der Waals surface area contributed by atoms with Gasteiger partial charge in [0.1, 0.15) is 18.1 Å². The van der Waals surface area contributed by atoms with Crippen LogP contribution < -0.4 is 16.4 Å². The molecule has 0 aliphatic carbocycles. The van der Waals surface area contributed by atoms with Crippen molar-refractivity contribution in [3.63, 3.8) is 0 Å². The molecule has 0 saturated carbocycles. The molecule has 4 unspecified atom stereocenters. The number of H-pyrrole nitrogens is 1. The number of aromatic amines is 1. The molecule has 13 heteroatoms. The number of aliphatic carboxylic acids is 1. The van der Waals surface area contributed by atoms with Crippen molar-refractivity contribution in [1.29, 1.82) is 0 Å². The summed E-state index contributed by atoms with van der Waals surface area (Å²) in [7, 11) is 0. The van der Waals surface area contributed by atoms with Crippen molar-refractivity contribution in [2.24, 2.45) is 5.73 Å². The minimum Gasteiger partial charge on any atom is -0.480 e. The van der Waals surface area contributed by atoms with Crippen molar-refractivity contribution in [1.82, 2.24) is 25.5 Å². The number of amides is 3. The van der Waals surface area contributed by atoms with E-state index in [0.29, 0.717) is 31.5 Å². The molecule has 1 aromatic rings. The second-order valence-electron chi connectivity index (χ2n) is 7.50. The summed E-state index contributed by atoms with van der Waals surface area (Å²) >= 11 is 5.72. The SMILES string of the molecule is CSCCC(N)C(=O)N1CCCC1C(=O)NC(CS)C(=O)NC(Cc1cnc[nH]1)C(=O)O. The van der Waals surface area contributed by atoms with Crippen LogP contribution in [0.2, 0.25) is 0 Å². The molecule has 2 rings (SSSR count). The Kier molecular flexibility index (Phi) is 10.3. The van der Waals surface area contributed by atoms with Gasteiger partial charge in [-0.05, 0) is 31.3 Å². The number of carboxylic acid groups (broad SMARTS) is 1. The summed E-state index contributed by atoms with van der Waals surface area (Å²) in [6.45, 7) is 0.424. The fourth-order valence-electron chi connectivity index (χ4n) is 3.43. The average molecular weight is 487 g/mol. The van der Waals surface area contributed by atoms with Gasteiger partial charge in [0.2, 0.25) is 17.7 Å². The summed E-state index contributed by atoms with van der Waals surface area (Å²) in [5.74, 6) is -1.96. The van der Waals surface area contributed by atoms with Crippen LogP contribution in [-0.4, -0.2) is 92.1 Å². The number of aromatic nitrogens is 2. The van der Waals surface area contributed by atoms with Crippen LogP contribution in [0.1, 0.15) is 25.0 Å². The number of thiol groups is 1. The number of nitrogens with zero attached hydrogens (tertiary/aromatic N) is 2. The first kappa shape index (κ1) is 26.0. The van der Waals surface area contributed by atoms with Crippen LogP contribution >= 0.6 is 24.4 Å². The third kappa shape index (κ3) is 7.14. The lowest BCUT2D eigenvalue weighted by molar-refractivity contribution is -0.143. The predicted octanol–water partition coefficient (Wildman–Crippen LogP) is -0.992. The van der Waals surface area contributed by atoms with E-state index in [1.54, 1.807) is 11.8 Å². The van der Waals surface area contributed by atoms with Gasteiger partial charge in [-0.15, -0.1) is 0 Å². The van der Waals surface area contributed by atoms with E-state index in [4.69, 9.17) is 5.73 Å². The number of hydrogen-bond acceptors (Lipinski definition) is 8. The number of hydrogen-bond donors (Lipinski definition) is 6. The molecular weight excluding hydrogens is 456 g/mol. The van der Waals surface area contributed by atoms with Crippen molar-refractivity contribution < 1.29 is 24.3 Å². The van der Waals surface area contributed by atoms with Gasteiger partial charge in [0.25, 0.3) is 0 Å². The number of rotatable bonds is 12. The summed E-state index contributed by atoms with van der Waals surface area (Å²) in [5.41, 5.74) is 6.53. The molecular formula is C19H30N6O5S2. The van der Waals surface area contributed by atoms with Crippen LogP contribution in [0.5, 0.6) is 0 Å². The molecule has 2 heterocycles. The molecule has 1 aliphatic heterocycles. The molecule has 11 nitrogen and oxygen atoms in total. The molecule has 1 aromatic heterocycles. The Balaban J connectivity index is 1.98. The quantitative estimate of drug-likeness (QED) is 0.204. The lowest BCUT2D eigenvalue weighted by atomic mass is 10.1. The first-order valence-corrected chi connectivity index (χ1v) is 12.3. The van der Waals surface area contributed by atoms with E-state index in [9.17, 15) is 24.3 Å². The molecule has 3 amide bonds. The Labute approximate surface area is 196 Å². The normalized spacial score (nSPS) is 18.6. The number of likely N-dealkylation sites (tertiary alicyclic amines) is 1. The highest BCUT2D eigenvalue weighted by molar-refractivity contribution is 7.98. The van der Waals surface area contributed by atoms with Crippen molar-refractivity contribution in [3.8, 4) is 0 Å². The number of nitrogens with one attached hydrogen (secondary N) is 3. The van der Waals surface area contributed by atoms with E-state index in [1.165, 1.54) is 17.4 Å². The summed E-state index contributed by atoms with van der Waals surface area (Å²) in [5, 5.41) is 14.4. The largest absolute Gasteiger partial charge is 0.480 e. The maximum atomic E-state index is 12.9. The van der Waals surface area contributed by atoms with Crippen molar-refractivity contribution >= 4 is 48.1 Å². The van der Waals surface area contributed by atoms with Gasteiger partial charge < -0.3 is 31.4 Å². The topological polar surface area (TPSA) is 171 Å². The van der Waals surface area contributed by atoms with E-state index in [2.05, 4.69) is 33.2 Å². The minimum absolute atomic E-state index is 0.00709. The van der Waals surface area contributed by atoms with Crippen LogP contribution in [0.15, 0.2) is 12.5 Å². The minimum atomic E-state index is -1.22. The number of nitrogens with two attached hydrogens (primary N) is 1. The first-order valence-electron chi connectivity index (χ1n) is 10.2. The van der Waals surface area contributed by atoms with Gasteiger partial charge >= 0.3 is 5.97 Å². The van der Waals surface area contributed by atoms with E-state index in [-0.39, 0.29) is 18.1 Å². The lowest BCUT2D eigenvalue weighted by Gasteiger charge is -2.28. The molecule has 178 valence electrons. The Morgan fingerprint density at radius 3 is 2.72 bits per heavy atom. The van der Waals surface area contributed by atoms with Gasteiger partial charge in [-0.3, -0.25) is 14.4 Å². The molecule has 32 heavy (non-hydrogen) atoms. The second kappa shape index (κ2) is 12.7. The zero-order chi connectivity index (χ0) is 23.7. The van der Waals surface area contributed by atoms with E-state index >= 15 is 0 Å². The van der Waals surface area contributed by atoms with Crippen LogP contribution in [0.4, 0.5) is 0 Å². The van der Waals surface area contributed by atoms with Gasteiger partial charge in [-0.1, -0.05) is 0 Å². The standard InChI is InChI=1S/C19H30N6O5S2/c1-32-6-4-12(20)18(28)25-5-2-3-15(25)17(27)24-14(9-31)16(26)23-13(19(29)30)7-11-8-21-10-22-11/h8,10,12-15,31H,2-7,9,20H2,1H3,(H,21,22)(H,23,26)(H,24,27)(H,29,30). The number of carbonyl (C=O) groups excluding carboxylic acids is 3. The van der Waals surface area contributed by atoms with E-state index in [1.807, 2.05) is 6.26 Å². The number of imidazole rings is 1. The highest BCUT2D eigenvalue weighted by atomic mass is 32.2. The van der Waals surface area contributed by atoms with E-state index in [0.717, 1.165) is 5.75 Å². The molecule has 1 aliphatic rings. The third-order valence-corrected chi connectivity index (χ3v) is 6.21. The molecule has 0 radical (unpaired) electrons. The Hall–Kier alpha value is -2.25. The Bertz CT molecular complexity index is 793. The summed E-state index contributed by atoms with van der Waals surface area (Å²) in [4.78, 5) is 57.8. The van der Waals surface area contributed by atoms with Crippen molar-refractivity contribution in [2.75, 3.05) is 24.3 Å². The van der Waals surface area contributed by atoms with Crippen LogP contribution in [0.25, 0.3) is 0 Å². The highest BCUT2D eigenvalue weighted by Gasteiger charge is 2.37. The fraction of sp³-hybridized carbons (Fsp3) is 0.632. The van der Waals surface area contributed by atoms with Crippen LogP contribution in [-0.2, 0) is 25.6 Å². The van der Waals surface area contributed by atoms with Gasteiger partial charge in [0, 0.05) is 30.6 Å². The smallest absolute Gasteiger partial charge is 0.326 e. The van der Waals surface area contributed by atoms with E-state index < -0.39 is 42.0 Å². The third-order valence-electron chi connectivity index (χ3n) is 5.20. The maximum absolute atomic E-state index is 12.9. The number of thioether (sulfide) groups is 1. The summed E-state index contributed by atoms with van der Waals surface area (Å²) in [6.07, 6.45) is 6.44. The van der Waals surface area contributed by atoms with Crippen LogP contribution in [0.3, 0.4) is 0 Å². The first-order chi connectivity index (χ1) is 15.3. The fourth-order valence-corrected chi connectivity index (χ4v) is 4.18. The maximum Gasteiger partial charge on any atom is 0.326 e. The monoisotopic (exact) mass is 486 g/mol. The molecule has 4 atom stereocenters. The predicted molar refractivity (Wildman–Crippen MR) is 123 cm³/mol. The van der Waals surface area contributed by atoms with Gasteiger partial charge in [0.05, 0.1) is 12.4 Å². The number of carboxylic acids is 1. The zero-order valence-electron chi connectivity index (χ0n) is 17.8. The molecule has 0 bridgehead atoms. The van der Waals surface area contributed by atoms with Gasteiger partial charge in [-0.25, -0.2) is 9.78 Å². The Morgan fingerprint density at radius 1 is 1.38 bits per heavy atom. The molecule has 0 spiro atoms. The molecule has 6 N–H and O–H groups in total. The average Bonchev–Trinajstić information content (AvgIpc) is 3.46. The molecule has 0 aromatic carbocycles. The van der Waals surface area contributed by atoms with Crippen molar-refractivity contribution in [2.45, 2.75) is 49.9 Å². The van der Waals surface area contributed by atoms with Crippen LogP contribution in [0, 0.1) is 0 Å². The zero-order valence-corrected chi connectivity index (χ0v) is 19.5. The highest BCUT2D eigenvalue weighted by Crippen LogP contribution is 2.19.